The number of nitrogens with one attached hydrogen (secondary N) is 2. The van der Waals surface area contributed by atoms with Crippen molar-refractivity contribution in [2.24, 2.45) is 0 Å². The van der Waals surface area contributed by atoms with Gasteiger partial charge in [-0.15, -0.1) is 0 Å². The monoisotopic (exact) mass is 381 g/mol. The van der Waals surface area contributed by atoms with Crippen LogP contribution >= 0.6 is 0 Å². The molecule has 1 aromatic carbocycles. The Hall–Kier alpha value is -3.30. The number of hydrogen-bond acceptors (Lipinski definition) is 4. The van der Waals surface area contributed by atoms with E-state index in [1.807, 2.05) is 0 Å². The van der Waals surface area contributed by atoms with Crippen LogP contribution in [0.5, 0.6) is 0 Å². The molecular weight excluding hydrogens is 367 g/mol. The van der Waals surface area contributed by atoms with Crippen LogP contribution in [0.4, 0.5) is 18.0 Å². The maximum Gasteiger partial charge on any atom is 0.440 e. The van der Waals surface area contributed by atoms with Gasteiger partial charge >= 0.3 is 12.2 Å². The first-order chi connectivity index (χ1) is 12.7. The minimum Gasteiger partial charge on any atom is -0.467 e. The molecule has 1 aromatic heterocycles. The Bertz CT molecular complexity index is 852. The number of alkyl halides is 3. The van der Waals surface area contributed by atoms with Crippen molar-refractivity contribution in [3.8, 4) is 0 Å². The lowest BCUT2D eigenvalue weighted by atomic mass is 10.1. The molecule has 2 heterocycles. The number of hydrogen-bond donors (Lipinski definition) is 2. The number of furan rings is 1. The highest BCUT2D eigenvalue weighted by Crippen LogP contribution is 2.34. The zero-order valence-electron chi connectivity index (χ0n) is 13.7. The topological polar surface area (TPSA) is 91.7 Å². The summed E-state index contributed by atoms with van der Waals surface area (Å²) in [5.41, 5.74) is -3.07. The summed E-state index contributed by atoms with van der Waals surface area (Å²) in [7, 11) is 0. The summed E-state index contributed by atoms with van der Waals surface area (Å²) in [4.78, 5) is 37.0. The molecule has 1 aliphatic heterocycles. The summed E-state index contributed by atoms with van der Waals surface area (Å²) in [6.45, 7) is -0.496. The van der Waals surface area contributed by atoms with Crippen LogP contribution in [0.15, 0.2) is 53.1 Å². The molecule has 4 amide bonds. The van der Waals surface area contributed by atoms with Gasteiger partial charge in [0.25, 0.3) is 11.6 Å². The third kappa shape index (κ3) is 3.50. The molecule has 7 nitrogen and oxygen atoms in total. The van der Waals surface area contributed by atoms with Crippen molar-refractivity contribution in [3.63, 3.8) is 0 Å². The number of rotatable bonds is 5. The van der Waals surface area contributed by atoms with E-state index in [2.05, 4.69) is 0 Å². The smallest absolute Gasteiger partial charge is 0.440 e. The molecule has 3 rings (SSSR count). The lowest BCUT2D eigenvalue weighted by Gasteiger charge is -2.29. The fraction of sp³-hybridized carbons (Fsp3) is 0.235. The zero-order valence-corrected chi connectivity index (χ0v) is 13.7. The minimum absolute atomic E-state index is 0.118. The van der Waals surface area contributed by atoms with Gasteiger partial charge in [0.1, 0.15) is 5.76 Å². The maximum atomic E-state index is 13.7. The average molecular weight is 381 g/mol. The van der Waals surface area contributed by atoms with Gasteiger partial charge in [-0.25, -0.2) is 4.79 Å². The summed E-state index contributed by atoms with van der Waals surface area (Å²) >= 11 is 0. The van der Waals surface area contributed by atoms with E-state index in [-0.39, 0.29) is 12.2 Å². The van der Waals surface area contributed by atoms with Gasteiger partial charge in [0.15, 0.2) is 0 Å². The van der Waals surface area contributed by atoms with Gasteiger partial charge in [0.05, 0.1) is 19.2 Å². The van der Waals surface area contributed by atoms with E-state index in [1.54, 1.807) is 41.0 Å². The SMILES string of the molecule is O=C(Cc1ccccc1)N[C@@]1(C(F)(F)F)NC(=O)N(Cc2ccco2)C1=O. The van der Waals surface area contributed by atoms with Crippen LogP contribution in [0, 0.1) is 0 Å². The van der Waals surface area contributed by atoms with Crippen molar-refractivity contribution in [2.75, 3.05) is 0 Å². The summed E-state index contributed by atoms with van der Waals surface area (Å²) in [6, 6.07) is 9.62. The van der Waals surface area contributed by atoms with Crippen LogP contribution in [0.3, 0.4) is 0 Å². The summed E-state index contributed by atoms with van der Waals surface area (Å²) in [5.74, 6) is -2.57. The van der Waals surface area contributed by atoms with Crippen LogP contribution in [0.2, 0.25) is 0 Å². The standard InChI is InChI=1S/C17H14F3N3O4/c18-17(19,20)16(21-13(24)9-11-5-2-1-3-6-11)14(25)23(15(26)22-16)10-12-7-4-8-27-12/h1-8H,9-10H2,(H,21,24)(H,22,26)/t16-/m1/s1. The molecule has 0 unspecified atom stereocenters. The Kier molecular flexibility index (Phi) is 4.64. The number of halogens is 3. The number of urea groups is 1. The van der Waals surface area contributed by atoms with Gasteiger partial charge in [-0.1, -0.05) is 30.3 Å². The molecule has 0 saturated carbocycles. The molecule has 0 radical (unpaired) electrons. The molecule has 1 saturated heterocycles. The highest BCUT2D eigenvalue weighted by atomic mass is 19.4. The normalized spacial score (nSPS) is 19.9. The number of nitrogens with zero attached hydrogens (tertiary/aromatic N) is 1. The van der Waals surface area contributed by atoms with Crippen molar-refractivity contribution < 1.29 is 32.0 Å². The lowest BCUT2D eigenvalue weighted by molar-refractivity contribution is -0.204. The second kappa shape index (κ2) is 6.78. The van der Waals surface area contributed by atoms with E-state index in [1.165, 1.54) is 18.4 Å². The number of imide groups is 1. The third-order valence-electron chi connectivity index (χ3n) is 3.96. The highest BCUT2D eigenvalue weighted by Gasteiger charge is 2.68. The van der Waals surface area contributed by atoms with Crippen LogP contribution in [-0.2, 0) is 22.6 Å². The Morgan fingerprint density at radius 3 is 2.44 bits per heavy atom. The van der Waals surface area contributed by atoms with E-state index >= 15 is 0 Å². The third-order valence-corrected chi connectivity index (χ3v) is 3.96. The molecule has 1 atom stereocenters. The van der Waals surface area contributed by atoms with Gasteiger partial charge in [0, 0.05) is 0 Å². The molecule has 0 spiro atoms. The largest absolute Gasteiger partial charge is 0.467 e. The molecule has 27 heavy (non-hydrogen) atoms. The molecule has 10 heteroatoms. The van der Waals surface area contributed by atoms with Gasteiger partial charge in [-0.05, 0) is 17.7 Å². The fourth-order valence-corrected chi connectivity index (χ4v) is 2.66. The number of benzene rings is 1. The Balaban J connectivity index is 1.84. The van der Waals surface area contributed by atoms with E-state index in [0.29, 0.717) is 10.5 Å². The summed E-state index contributed by atoms with van der Waals surface area (Å²) in [5, 5.41) is 3.23. The van der Waals surface area contributed by atoms with Crippen molar-refractivity contribution in [1.29, 1.82) is 0 Å². The van der Waals surface area contributed by atoms with Crippen LogP contribution in [0.25, 0.3) is 0 Å². The Morgan fingerprint density at radius 2 is 1.85 bits per heavy atom. The van der Waals surface area contributed by atoms with Gasteiger partial charge in [-0.2, -0.15) is 13.2 Å². The number of carbonyl (C=O) groups is 3. The quantitative estimate of drug-likeness (QED) is 0.775. The zero-order chi connectivity index (χ0) is 19.7. The Morgan fingerprint density at radius 1 is 1.15 bits per heavy atom. The second-order valence-corrected chi connectivity index (χ2v) is 5.86. The summed E-state index contributed by atoms with van der Waals surface area (Å²) in [6.07, 6.45) is -4.38. The van der Waals surface area contributed by atoms with Crippen LogP contribution < -0.4 is 10.6 Å². The molecule has 142 valence electrons. The molecule has 2 aromatic rings. The first-order valence-corrected chi connectivity index (χ1v) is 7.81. The predicted molar refractivity (Wildman–Crippen MR) is 84.9 cm³/mol. The molecule has 1 aliphatic rings. The van der Waals surface area contributed by atoms with Crippen molar-refractivity contribution >= 4 is 17.8 Å². The van der Waals surface area contributed by atoms with Crippen molar-refractivity contribution in [3.05, 3.63) is 60.1 Å². The first-order valence-electron chi connectivity index (χ1n) is 7.81. The van der Waals surface area contributed by atoms with Gasteiger partial charge < -0.3 is 9.73 Å². The molecule has 2 N–H and O–H groups in total. The molecular formula is C17H14F3N3O4. The molecule has 1 fully saturated rings. The van der Waals surface area contributed by atoms with E-state index in [4.69, 9.17) is 4.42 Å². The van der Waals surface area contributed by atoms with Crippen LogP contribution in [0.1, 0.15) is 11.3 Å². The minimum atomic E-state index is -5.25. The van der Waals surface area contributed by atoms with Crippen molar-refractivity contribution in [1.82, 2.24) is 15.5 Å². The van der Waals surface area contributed by atoms with Crippen LogP contribution in [-0.4, -0.2) is 34.6 Å². The lowest BCUT2D eigenvalue weighted by Crippen LogP contribution is -2.69. The fourth-order valence-electron chi connectivity index (χ4n) is 2.66. The van der Waals surface area contributed by atoms with E-state index < -0.39 is 36.2 Å². The maximum absolute atomic E-state index is 13.7. The number of carbonyl (C=O) groups excluding carboxylic acids is 3. The first kappa shape index (κ1) is 18.5. The van der Waals surface area contributed by atoms with Gasteiger partial charge in [-0.3, -0.25) is 19.8 Å². The number of amides is 4. The van der Waals surface area contributed by atoms with Gasteiger partial charge in [0.2, 0.25) is 5.91 Å². The average Bonchev–Trinajstić information content (AvgIpc) is 3.18. The van der Waals surface area contributed by atoms with Crippen molar-refractivity contribution in [2.45, 2.75) is 24.8 Å². The predicted octanol–water partition coefficient (Wildman–Crippen LogP) is 1.95. The summed E-state index contributed by atoms with van der Waals surface area (Å²) < 4.78 is 46.0. The second-order valence-electron chi connectivity index (χ2n) is 5.86. The molecule has 0 aliphatic carbocycles. The Labute approximate surface area is 151 Å². The highest BCUT2D eigenvalue weighted by molar-refractivity contribution is 6.08. The van der Waals surface area contributed by atoms with E-state index in [9.17, 15) is 27.6 Å². The van der Waals surface area contributed by atoms with E-state index in [0.717, 1.165) is 0 Å². The molecule has 0 bridgehead atoms.